The third kappa shape index (κ3) is 5.40. The van der Waals surface area contributed by atoms with Crippen LogP contribution in [0.1, 0.15) is 17.5 Å². The van der Waals surface area contributed by atoms with E-state index in [4.69, 9.17) is 19.4 Å². The highest BCUT2D eigenvalue weighted by Gasteiger charge is 2.26. The van der Waals surface area contributed by atoms with E-state index in [0.717, 1.165) is 91.4 Å². The topological polar surface area (TPSA) is 49.2 Å². The summed E-state index contributed by atoms with van der Waals surface area (Å²) in [5.74, 6) is 3.60. The van der Waals surface area contributed by atoms with Crippen LogP contribution in [0.25, 0.3) is 78.6 Å². The SMILES string of the molecule is C1=Cc2cc3c4ccc5c(c4n(-c4ccc(-c6ccc(-c7cc(-c8ccccc8)nc(-c8ccccc8)n7)cc6)cc4)c3cc2CC1)Oc1ccccc1O5. The van der Waals surface area contributed by atoms with E-state index in [2.05, 4.69) is 114 Å². The van der Waals surface area contributed by atoms with Crippen LogP contribution >= 0.6 is 0 Å². The van der Waals surface area contributed by atoms with Gasteiger partial charge in [-0.15, -0.1) is 0 Å². The first-order chi connectivity index (χ1) is 27.2. The molecule has 5 nitrogen and oxygen atoms in total. The van der Waals surface area contributed by atoms with Crippen molar-refractivity contribution < 1.29 is 9.47 Å². The Bertz CT molecular complexity index is 2890. The summed E-state index contributed by atoms with van der Waals surface area (Å²) in [6, 6.07) is 56.8. The van der Waals surface area contributed by atoms with E-state index in [1.807, 2.05) is 66.7 Å². The third-order valence-corrected chi connectivity index (χ3v) is 10.7. The smallest absolute Gasteiger partial charge is 0.194 e. The molecular formula is C50H33N3O2. The molecule has 0 saturated carbocycles. The van der Waals surface area contributed by atoms with Gasteiger partial charge in [-0.05, 0) is 89.7 Å². The van der Waals surface area contributed by atoms with Gasteiger partial charge in [0, 0.05) is 33.2 Å². The zero-order valence-corrected chi connectivity index (χ0v) is 29.8. The molecule has 0 radical (unpaired) electrons. The maximum atomic E-state index is 6.64. The molecule has 7 aromatic carbocycles. The summed E-state index contributed by atoms with van der Waals surface area (Å²) in [7, 11) is 0. The Morgan fingerprint density at radius 1 is 0.491 bits per heavy atom. The molecule has 55 heavy (non-hydrogen) atoms. The minimum absolute atomic E-state index is 0.709. The molecule has 5 heteroatoms. The van der Waals surface area contributed by atoms with Crippen LogP contribution in [0.4, 0.5) is 0 Å². The summed E-state index contributed by atoms with van der Waals surface area (Å²) in [5.41, 5.74) is 13.0. The average Bonchev–Trinajstić information content (AvgIpc) is 3.59. The van der Waals surface area contributed by atoms with Gasteiger partial charge in [0.05, 0.1) is 16.9 Å². The molecule has 0 fully saturated rings. The van der Waals surface area contributed by atoms with Crippen molar-refractivity contribution in [1.29, 1.82) is 0 Å². The van der Waals surface area contributed by atoms with Crippen molar-refractivity contribution in [1.82, 2.24) is 14.5 Å². The Morgan fingerprint density at radius 3 is 1.84 bits per heavy atom. The summed E-state index contributed by atoms with van der Waals surface area (Å²) in [4.78, 5) is 9.98. The largest absolute Gasteiger partial charge is 0.449 e. The number of para-hydroxylation sites is 2. The highest BCUT2D eigenvalue weighted by molar-refractivity contribution is 6.13. The summed E-state index contributed by atoms with van der Waals surface area (Å²) in [6.45, 7) is 0. The quantitative estimate of drug-likeness (QED) is 0.179. The maximum absolute atomic E-state index is 6.64. The molecule has 9 aromatic rings. The van der Waals surface area contributed by atoms with Crippen molar-refractivity contribution in [3.63, 3.8) is 0 Å². The highest BCUT2D eigenvalue weighted by atomic mass is 16.6. The molecule has 0 N–H and O–H groups in total. The second-order valence-corrected chi connectivity index (χ2v) is 14.1. The van der Waals surface area contributed by atoms with Crippen LogP contribution < -0.4 is 9.47 Å². The van der Waals surface area contributed by atoms with Crippen LogP contribution in [-0.2, 0) is 6.42 Å². The molecule has 0 atom stereocenters. The lowest BCUT2D eigenvalue weighted by atomic mass is 9.95. The first-order valence-electron chi connectivity index (χ1n) is 18.7. The van der Waals surface area contributed by atoms with Crippen molar-refractivity contribution in [3.05, 3.63) is 181 Å². The normalized spacial score (nSPS) is 12.8. The number of hydrogen-bond donors (Lipinski definition) is 0. The van der Waals surface area contributed by atoms with E-state index in [9.17, 15) is 0 Å². The van der Waals surface area contributed by atoms with Crippen LogP contribution in [0.15, 0.2) is 170 Å². The molecule has 0 amide bonds. The lowest BCUT2D eigenvalue weighted by Crippen LogP contribution is -2.02. The molecule has 1 aliphatic carbocycles. The molecule has 260 valence electrons. The van der Waals surface area contributed by atoms with Gasteiger partial charge < -0.3 is 14.0 Å². The molecule has 0 bridgehead atoms. The van der Waals surface area contributed by atoms with E-state index >= 15 is 0 Å². The summed E-state index contributed by atoms with van der Waals surface area (Å²) >= 11 is 0. The van der Waals surface area contributed by atoms with Crippen molar-refractivity contribution in [2.45, 2.75) is 12.8 Å². The molecule has 1 aliphatic heterocycles. The highest BCUT2D eigenvalue weighted by Crippen LogP contribution is 2.51. The van der Waals surface area contributed by atoms with Gasteiger partial charge in [0.15, 0.2) is 28.8 Å². The van der Waals surface area contributed by atoms with Crippen molar-refractivity contribution in [2.24, 2.45) is 0 Å². The van der Waals surface area contributed by atoms with Crippen molar-refractivity contribution >= 4 is 27.9 Å². The second kappa shape index (κ2) is 12.7. The van der Waals surface area contributed by atoms with Gasteiger partial charge in [0.1, 0.15) is 5.52 Å². The molecule has 0 saturated heterocycles. The number of benzene rings is 7. The van der Waals surface area contributed by atoms with E-state index in [1.165, 1.54) is 16.5 Å². The molecular weight excluding hydrogens is 675 g/mol. The van der Waals surface area contributed by atoms with Crippen LogP contribution in [0, 0.1) is 0 Å². The van der Waals surface area contributed by atoms with Gasteiger partial charge in [-0.2, -0.15) is 0 Å². The number of aromatic nitrogens is 3. The fraction of sp³-hybridized carbons (Fsp3) is 0.0400. The Kier molecular flexibility index (Phi) is 7.24. The molecule has 0 spiro atoms. The number of fused-ring (bicyclic) bond motifs is 7. The standard InChI is InChI=1S/C50H33N3O2/c1-3-11-34(12-4-1)42-31-43(52-50(51-42)36-13-5-2-6-14-36)35-21-19-32(20-22-35)33-23-25-39(26-24-33)53-44-30-38-16-8-7-15-37(38)29-41(44)40-27-28-47-49(48(40)53)55-46-18-10-9-17-45(46)54-47/h1-7,9-15,17-31H,8,16H2. The van der Waals surface area contributed by atoms with Crippen LogP contribution in [0.2, 0.25) is 0 Å². The first-order valence-corrected chi connectivity index (χ1v) is 18.7. The van der Waals surface area contributed by atoms with E-state index < -0.39 is 0 Å². The van der Waals surface area contributed by atoms with Crippen LogP contribution in [0.5, 0.6) is 23.0 Å². The number of allylic oxidation sites excluding steroid dienone is 1. The lowest BCUT2D eigenvalue weighted by molar-refractivity contribution is 0.362. The second-order valence-electron chi connectivity index (χ2n) is 14.1. The number of rotatable bonds is 5. The fourth-order valence-electron chi connectivity index (χ4n) is 7.98. The molecule has 11 rings (SSSR count). The molecule has 3 heterocycles. The summed E-state index contributed by atoms with van der Waals surface area (Å²) < 4.78 is 15.4. The van der Waals surface area contributed by atoms with Gasteiger partial charge >= 0.3 is 0 Å². The number of ether oxygens (including phenoxy) is 2. The lowest BCUT2D eigenvalue weighted by Gasteiger charge is -2.22. The molecule has 2 aliphatic rings. The fourth-order valence-corrected chi connectivity index (χ4v) is 7.98. The predicted molar refractivity (Wildman–Crippen MR) is 222 cm³/mol. The van der Waals surface area contributed by atoms with Gasteiger partial charge in [-0.25, -0.2) is 9.97 Å². The van der Waals surface area contributed by atoms with E-state index in [1.54, 1.807) is 0 Å². The van der Waals surface area contributed by atoms with Gasteiger partial charge in [0.25, 0.3) is 0 Å². The zero-order valence-electron chi connectivity index (χ0n) is 29.8. The Morgan fingerprint density at radius 2 is 1.11 bits per heavy atom. The Balaban J connectivity index is 0.988. The summed E-state index contributed by atoms with van der Waals surface area (Å²) in [6.07, 6.45) is 6.60. The van der Waals surface area contributed by atoms with Gasteiger partial charge in [0.2, 0.25) is 0 Å². The van der Waals surface area contributed by atoms with Gasteiger partial charge in [-0.3, -0.25) is 0 Å². The summed E-state index contributed by atoms with van der Waals surface area (Å²) in [5, 5.41) is 2.33. The Labute approximate surface area is 318 Å². The zero-order chi connectivity index (χ0) is 36.3. The number of aryl methyl sites for hydroxylation is 1. The van der Waals surface area contributed by atoms with E-state index in [-0.39, 0.29) is 0 Å². The number of nitrogens with zero attached hydrogens (tertiary/aromatic N) is 3. The number of hydrogen-bond acceptors (Lipinski definition) is 4. The Hall–Kier alpha value is -7.24. The first kappa shape index (κ1) is 31.3. The van der Waals surface area contributed by atoms with Crippen LogP contribution in [-0.4, -0.2) is 14.5 Å². The third-order valence-electron chi connectivity index (χ3n) is 10.7. The van der Waals surface area contributed by atoms with E-state index in [0.29, 0.717) is 11.6 Å². The van der Waals surface area contributed by atoms with Gasteiger partial charge in [-0.1, -0.05) is 121 Å². The van der Waals surface area contributed by atoms with Crippen molar-refractivity contribution in [2.75, 3.05) is 0 Å². The maximum Gasteiger partial charge on any atom is 0.194 e. The average molecular weight is 708 g/mol. The van der Waals surface area contributed by atoms with Crippen LogP contribution in [0.3, 0.4) is 0 Å². The molecule has 2 aromatic heterocycles. The predicted octanol–water partition coefficient (Wildman–Crippen LogP) is 13.1. The minimum Gasteiger partial charge on any atom is -0.449 e. The van der Waals surface area contributed by atoms with Crippen molar-refractivity contribution in [3.8, 4) is 73.7 Å². The molecule has 0 unspecified atom stereocenters. The monoisotopic (exact) mass is 707 g/mol. The minimum atomic E-state index is 0.709.